The number of likely N-dealkylation sites (tertiary alicyclic amines) is 1. The molecule has 3 nitrogen and oxygen atoms in total. The molecule has 18 heavy (non-hydrogen) atoms. The van der Waals surface area contributed by atoms with Crippen LogP contribution in [0.2, 0.25) is 0 Å². The van der Waals surface area contributed by atoms with Gasteiger partial charge in [-0.05, 0) is 60.7 Å². The zero-order valence-electron chi connectivity index (χ0n) is 10.4. The van der Waals surface area contributed by atoms with Crippen molar-refractivity contribution in [3.05, 3.63) is 33.4 Å². The summed E-state index contributed by atoms with van der Waals surface area (Å²) in [6.45, 7) is 1.70. The molecule has 1 aliphatic heterocycles. The molecule has 1 aromatic carbocycles. The second-order valence-electron chi connectivity index (χ2n) is 4.39. The van der Waals surface area contributed by atoms with Crippen LogP contribution in [0.1, 0.15) is 23.2 Å². The largest absolute Gasteiger partial charge is 0.337 e. The van der Waals surface area contributed by atoms with Crippen LogP contribution in [0, 0.1) is 3.57 Å². The van der Waals surface area contributed by atoms with Crippen molar-refractivity contribution in [3.8, 4) is 0 Å². The molecule has 0 bridgehead atoms. The molecule has 1 heterocycles. The number of halogens is 2. The smallest absolute Gasteiger partial charge is 0.253 e. The molecule has 0 saturated carbocycles. The summed E-state index contributed by atoms with van der Waals surface area (Å²) < 4.78 is 1.11. The van der Waals surface area contributed by atoms with E-state index in [4.69, 9.17) is 0 Å². The normalized spacial score (nSPS) is 19.2. The van der Waals surface area contributed by atoms with Crippen LogP contribution in [0.25, 0.3) is 0 Å². The highest BCUT2D eigenvalue weighted by molar-refractivity contribution is 14.1. The lowest BCUT2D eigenvalue weighted by Gasteiger charge is -2.32. The molecule has 0 spiro atoms. The lowest BCUT2D eigenvalue weighted by molar-refractivity contribution is 0.0698. The molecule has 0 radical (unpaired) electrons. The molecule has 1 N–H and O–H groups in total. The molecular formula is C13H18ClIN2O. The average Bonchev–Trinajstić information content (AvgIpc) is 2.38. The molecule has 1 saturated heterocycles. The van der Waals surface area contributed by atoms with Gasteiger partial charge >= 0.3 is 0 Å². The lowest BCUT2D eigenvalue weighted by Crippen LogP contribution is -2.46. The van der Waals surface area contributed by atoms with Gasteiger partial charge in [-0.2, -0.15) is 0 Å². The van der Waals surface area contributed by atoms with Crippen molar-refractivity contribution >= 4 is 40.9 Å². The van der Waals surface area contributed by atoms with E-state index < -0.39 is 0 Å². The Labute approximate surface area is 128 Å². The highest BCUT2D eigenvalue weighted by atomic mass is 127. The maximum absolute atomic E-state index is 12.3. The Hall–Kier alpha value is -0.330. The van der Waals surface area contributed by atoms with Crippen molar-refractivity contribution in [1.29, 1.82) is 0 Å². The molecule has 1 fully saturated rings. The molecule has 0 aliphatic carbocycles. The third kappa shape index (κ3) is 3.83. The highest BCUT2D eigenvalue weighted by Gasteiger charge is 2.23. The van der Waals surface area contributed by atoms with Crippen molar-refractivity contribution in [2.45, 2.75) is 18.9 Å². The molecule has 1 aliphatic rings. The standard InChI is InChI=1S/C13H17IN2O.ClH/c1-15-12-6-3-7-16(9-12)13(17)10-4-2-5-11(14)8-10;/h2,4-5,8,12,15H,3,6-7,9H2,1H3;1H. The van der Waals surface area contributed by atoms with Crippen LogP contribution in [0.5, 0.6) is 0 Å². The first-order chi connectivity index (χ1) is 8.20. The first-order valence-corrected chi connectivity index (χ1v) is 7.00. The Bertz CT molecular complexity index is 414. The number of carbonyl (C=O) groups excluding carboxylic acids is 1. The fourth-order valence-electron chi connectivity index (χ4n) is 2.20. The zero-order chi connectivity index (χ0) is 12.3. The van der Waals surface area contributed by atoms with Gasteiger partial charge in [0.2, 0.25) is 0 Å². The number of piperidine rings is 1. The van der Waals surface area contributed by atoms with Crippen LogP contribution in [0.15, 0.2) is 24.3 Å². The van der Waals surface area contributed by atoms with Gasteiger partial charge in [-0.3, -0.25) is 4.79 Å². The minimum absolute atomic E-state index is 0. The van der Waals surface area contributed by atoms with Crippen LogP contribution in [0.3, 0.4) is 0 Å². The summed E-state index contributed by atoms with van der Waals surface area (Å²) in [5.41, 5.74) is 0.800. The van der Waals surface area contributed by atoms with Crippen LogP contribution >= 0.6 is 35.0 Å². The van der Waals surface area contributed by atoms with Crippen molar-refractivity contribution in [2.75, 3.05) is 20.1 Å². The predicted molar refractivity (Wildman–Crippen MR) is 84.4 cm³/mol. The monoisotopic (exact) mass is 380 g/mol. The maximum Gasteiger partial charge on any atom is 0.253 e. The fraction of sp³-hybridized carbons (Fsp3) is 0.462. The van der Waals surface area contributed by atoms with Gasteiger partial charge < -0.3 is 10.2 Å². The number of nitrogens with one attached hydrogen (secondary N) is 1. The van der Waals surface area contributed by atoms with Crippen LogP contribution in [0.4, 0.5) is 0 Å². The number of hydrogen-bond acceptors (Lipinski definition) is 2. The predicted octanol–water partition coefficient (Wildman–Crippen LogP) is 2.54. The molecular weight excluding hydrogens is 363 g/mol. The van der Waals surface area contributed by atoms with Crippen LogP contribution < -0.4 is 5.32 Å². The maximum atomic E-state index is 12.3. The van der Waals surface area contributed by atoms with E-state index in [0.29, 0.717) is 6.04 Å². The molecule has 100 valence electrons. The third-order valence-electron chi connectivity index (χ3n) is 3.19. The van der Waals surface area contributed by atoms with Crippen molar-refractivity contribution in [2.24, 2.45) is 0 Å². The summed E-state index contributed by atoms with van der Waals surface area (Å²) in [6, 6.07) is 8.23. The molecule has 0 aromatic heterocycles. The number of likely N-dealkylation sites (N-methyl/N-ethyl adjacent to an activating group) is 1. The van der Waals surface area contributed by atoms with Gasteiger partial charge in [-0.15, -0.1) is 12.4 Å². The third-order valence-corrected chi connectivity index (χ3v) is 3.86. The Morgan fingerprint density at radius 1 is 1.50 bits per heavy atom. The number of benzene rings is 1. The summed E-state index contributed by atoms with van der Waals surface area (Å²) in [5.74, 6) is 0.156. The second kappa shape index (κ2) is 7.31. The Morgan fingerprint density at radius 2 is 2.28 bits per heavy atom. The van der Waals surface area contributed by atoms with Gasteiger partial charge in [-0.1, -0.05) is 6.07 Å². The van der Waals surface area contributed by atoms with Crippen molar-refractivity contribution in [1.82, 2.24) is 10.2 Å². The van der Waals surface area contributed by atoms with E-state index in [0.717, 1.165) is 35.1 Å². The number of carbonyl (C=O) groups is 1. The summed E-state index contributed by atoms with van der Waals surface area (Å²) in [5, 5.41) is 3.26. The quantitative estimate of drug-likeness (QED) is 0.800. The first kappa shape index (κ1) is 15.7. The SMILES string of the molecule is CNC1CCCN(C(=O)c2cccc(I)c2)C1.Cl. The number of rotatable bonds is 2. The van der Waals surface area contributed by atoms with Crippen molar-refractivity contribution < 1.29 is 4.79 Å². The summed E-state index contributed by atoms with van der Waals surface area (Å²) in [4.78, 5) is 14.3. The van der Waals surface area contributed by atoms with Gasteiger partial charge in [0.25, 0.3) is 5.91 Å². The fourth-order valence-corrected chi connectivity index (χ4v) is 2.74. The summed E-state index contributed by atoms with van der Waals surface area (Å²) in [7, 11) is 1.96. The van der Waals surface area contributed by atoms with E-state index in [1.165, 1.54) is 0 Å². The topological polar surface area (TPSA) is 32.3 Å². The number of amides is 1. The van der Waals surface area contributed by atoms with Crippen molar-refractivity contribution in [3.63, 3.8) is 0 Å². The average molecular weight is 381 g/mol. The van der Waals surface area contributed by atoms with Gasteiger partial charge in [0.1, 0.15) is 0 Å². The lowest BCUT2D eigenvalue weighted by atomic mass is 10.0. The minimum Gasteiger partial charge on any atom is -0.337 e. The highest BCUT2D eigenvalue weighted by Crippen LogP contribution is 2.15. The minimum atomic E-state index is 0. The van der Waals surface area contributed by atoms with E-state index in [1.807, 2.05) is 36.2 Å². The molecule has 1 unspecified atom stereocenters. The number of hydrogen-bond donors (Lipinski definition) is 1. The summed E-state index contributed by atoms with van der Waals surface area (Å²) >= 11 is 2.24. The first-order valence-electron chi connectivity index (χ1n) is 5.93. The molecule has 1 amide bonds. The number of nitrogens with zero attached hydrogens (tertiary/aromatic N) is 1. The van der Waals surface area contributed by atoms with Gasteiger partial charge in [-0.25, -0.2) is 0 Å². The van der Waals surface area contributed by atoms with Crippen LogP contribution in [-0.4, -0.2) is 37.0 Å². The molecule has 5 heteroatoms. The van der Waals surface area contributed by atoms with Crippen LogP contribution in [-0.2, 0) is 0 Å². The van der Waals surface area contributed by atoms with Gasteiger partial charge in [0, 0.05) is 28.3 Å². The zero-order valence-corrected chi connectivity index (χ0v) is 13.3. The van der Waals surface area contributed by atoms with E-state index in [1.54, 1.807) is 0 Å². The molecule has 1 atom stereocenters. The van der Waals surface area contributed by atoms with E-state index in [2.05, 4.69) is 27.9 Å². The molecule has 2 rings (SSSR count). The Balaban J connectivity index is 0.00000162. The second-order valence-corrected chi connectivity index (χ2v) is 5.63. The van der Waals surface area contributed by atoms with Gasteiger partial charge in [0.15, 0.2) is 0 Å². The van der Waals surface area contributed by atoms with E-state index in [-0.39, 0.29) is 18.3 Å². The Morgan fingerprint density at radius 3 is 2.94 bits per heavy atom. The van der Waals surface area contributed by atoms with Gasteiger partial charge in [0.05, 0.1) is 0 Å². The molecule has 1 aromatic rings. The van der Waals surface area contributed by atoms with E-state index >= 15 is 0 Å². The van der Waals surface area contributed by atoms with E-state index in [9.17, 15) is 4.79 Å². The Kier molecular flexibility index (Phi) is 6.38. The summed E-state index contributed by atoms with van der Waals surface area (Å²) in [6.07, 6.45) is 2.24.